The molecule has 0 heterocycles. The van der Waals surface area contributed by atoms with Crippen molar-refractivity contribution >= 4 is 11.8 Å². The van der Waals surface area contributed by atoms with Crippen molar-refractivity contribution in [3.8, 4) is 0 Å². The molecule has 0 spiro atoms. The molecule has 0 aliphatic rings. The van der Waals surface area contributed by atoms with Crippen molar-refractivity contribution < 1.29 is 14.4 Å². The van der Waals surface area contributed by atoms with Gasteiger partial charge in [-0.05, 0) is 0 Å². The molecular weight excluding hydrogens is 186 g/mol. The van der Waals surface area contributed by atoms with Gasteiger partial charge in [0, 0.05) is 18.9 Å². The van der Waals surface area contributed by atoms with Crippen LogP contribution in [-0.2, 0) is 14.4 Å². The summed E-state index contributed by atoms with van der Waals surface area (Å²) in [5.41, 5.74) is 7.11. The summed E-state index contributed by atoms with van der Waals surface area (Å²) in [6.45, 7) is 3.33. The summed E-state index contributed by atoms with van der Waals surface area (Å²) in [6, 6.07) is 0. The third-order valence-electron chi connectivity index (χ3n) is 2.03. The van der Waals surface area contributed by atoms with Crippen molar-refractivity contribution in [1.29, 1.82) is 0 Å². The molecule has 0 bridgehead atoms. The van der Waals surface area contributed by atoms with E-state index in [-0.39, 0.29) is 11.8 Å². The van der Waals surface area contributed by atoms with Crippen LogP contribution in [0.3, 0.4) is 0 Å². The molecule has 0 fully saturated rings. The number of carbonyl (C=O) groups excluding carboxylic acids is 2. The quantitative estimate of drug-likeness (QED) is 0.510. The minimum Gasteiger partial charge on any atom is -0.292 e. The van der Waals surface area contributed by atoms with E-state index in [1.54, 1.807) is 20.9 Å². The normalized spacial score (nSPS) is 14.3. The highest BCUT2D eigenvalue weighted by Crippen LogP contribution is 2.10. The van der Waals surface area contributed by atoms with Crippen molar-refractivity contribution in [2.24, 2.45) is 11.8 Å². The molecule has 0 rings (SSSR count). The smallest absolute Gasteiger partial charge is 0.247 e. The Morgan fingerprint density at radius 3 is 2.07 bits per heavy atom. The molecule has 0 radical (unpaired) electrons. The molecule has 82 valence electrons. The highest BCUT2D eigenvalue weighted by molar-refractivity contribution is 5.86. The third kappa shape index (κ3) is 3.71. The van der Waals surface area contributed by atoms with Gasteiger partial charge in [0.05, 0.1) is 7.11 Å². The van der Waals surface area contributed by atoms with E-state index in [4.69, 9.17) is 0 Å². The first-order valence-corrected chi connectivity index (χ1v) is 4.34. The monoisotopic (exact) mass is 203 g/mol. The van der Waals surface area contributed by atoms with Crippen molar-refractivity contribution in [1.82, 2.24) is 16.3 Å². The summed E-state index contributed by atoms with van der Waals surface area (Å²) >= 11 is 0. The van der Waals surface area contributed by atoms with Crippen molar-refractivity contribution in [2.75, 3.05) is 14.2 Å². The lowest BCUT2D eigenvalue weighted by atomic mass is 9.95. The van der Waals surface area contributed by atoms with Crippen LogP contribution in [0.4, 0.5) is 0 Å². The molecule has 0 saturated carbocycles. The molecule has 2 atom stereocenters. The molecule has 2 amide bonds. The van der Waals surface area contributed by atoms with Gasteiger partial charge < -0.3 is 0 Å². The first-order valence-electron chi connectivity index (χ1n) is 4.34. The van der Waals surface area contributed by atoms with Gasteiger partial charge in [0.2, 0.25) is 11.8 Å². The fourth-order valence-corrected chi connectivity index (χ4v) is 0.885. The van der Waals surface area contributed by atoms with E-state index in [0.29, 0.717) is 0 Å². The van der Waals surface area contributed by atoms with Crippen LogP contribution in [-0.4, -0.2) is 26.0 Å². The lowest BCUT2D eigenvalue weighted by Crippen LogP contribution is -2.43. The van der Waals surface area contributed by atoms with Crippen LogP contribution in [0.1, 0.15) is 13.8 Å². The summed E-state index contributed by atoms with van der Waals surface area (Å²) < 4.78 is 0. The lowest BCUT2D eigenvalue weighted by Gasteiger charge is -2.17. The Bertz CT molecular complexity index is 186. The number of hydrogen-bond acceptors (Lipinski definition) is 4. The van der Waals surface area contributed by atoms with Gasteiger partial charge in [-0.15, -0.1) is 0 Å². The van der Waals surface area contributed by atoms with Gasteiger partial charge >= 0.3 is 0 Å². The Kier molecular flexibility index (Phi) is 5.82. The Morgan fingerprint density at radius 2 is 1.64 bits per heavy atom. The van der Waals surface area contributed by atoms with Crippen LogP contribution in [0.2, 0.25) is 0 Å². The highest BCUT2D eigenvalue weighted by Gasteiger charge is 2.25. The van der Waals surface area contributed by atoms with Gasteiger partial charge in [0.1, 0.15) is 0 Å². The van der Waals surface area contributed by atoms with Gasteiger partial charge in [-0.2, -0.15) is 0 Å². The van der Waals surface area contributed by atoms with Gasteiger partial charge in [0.15, 0.2) is 0 Å². The number of amides is 2. The molecule has 0 aliphatic heterocycles. The first kappa shape index (κ1) is 12.9. The van der Waals surface area contributed by atoms with Gasteiger partial charge in [0.25, 0.3) is 0 Å². The second kappa shape index (κ2) is 6.33. The van der Waals surface area contributed by atoms with E-state index in [1.807, 2.05) is 0 Å². The lowest BCUT2D eigenvalue weighted by molar-refractivity contribution is -0.140. The van der Waals surface area contributed by atoms with Crippen LogP contribution < -0.4 is 16.3 Å². The zero-order chi connectivity index (χ0) is 11.1. The summed E-state index contributed by atoms with van der Waals surface area (Å²) in [5, 5.41) is 0. The first-order chi connectivity index (χ1) is 6.54. The maximum atomic E-state index is 11.3. The van der Waals surface area contributed by atoms with Gasteiger partial charge in [-0.3, -0.25) is 19.9 Å². The standard InChI is InChI=1S/C8H17N3O3/c1-5(7(12)10-9-3)6(2)8(13)11-14-4/h5-6,9H,1-4H3,(H,10,12)(H,11,13). The van der Waals surface area contributed by atoms with Gasteiger partial charge in [-0.25, -0.2) is 10.9 Å². The molecule has 3 N–H and O–H groups in total. The van der Waals surface area contributed by atoms with Crippen LogP contribution >= 0.6 is 0 Å². The minimum atomic E-state index is -0.441. The van der Waals surface area contributed by atoms with Crippen LogP contribution in [0.15, 0.2) is 0 Å². The van der Waals surface area contributed by atoms with E-state index >= 15 is 0 Å². The summed E-state index contributed by atoms with van der Waals surface area (Å²) in [5.74, 6) is -1.40. The van der Waals surface area contributed by atoms with Crippen LogP contribution in [0.5, 0.6) is 0 Å². The average Bonchev–Trinajstić information content (AvgIpc) is 2.16. The van der Waals surface area contributed by atoms with E-state index < -0.39 is 11.8 Å². The fourth-order valence-electron chi connectivity index (χ4n) is 0.885. The van der Waals surface area contributed by atoms with Crippen molar-refractivity contribution in [3.63, 3.8) is 0 Å². The second-order valence-corrected chi connectivity index (χ2v) is 2.99. The second-order valence-electron chi connectivity index (χ2n) is 2.99. The maximum absolute atomic E-state index is 11.3. The van der Waals surface area contributed by atoms with Crippen molar-refractivity contribution in [2.45, 2.75) is 13.8 Å². The number of carbonyl (C=O) groups is 2. The summed E-state index contributed by atoms with van der Waals surface area (Å²) in [7, 11) is 2.94. The SMILES string of the molecule is CNNC(=O)C(C)C(C)C(=O)NOC. The van der Waals surface area contributed by atoms with Gasteiger partial charge in [-0.1, -0.05) is 13.8 Å². The number of hydroxylamine groups is 1. The van der Waals surface area contributed by atoms with Crippen LogP contribution in [0, 0.1) is 11.8 Å². The zero-order valence-electron chi connectivity index (χ0n) is 8.88. The fraction of sp³-hybridized carbons (Fsp3) is 0.750. The molecule has 0 aromatic carbocycles. The zero-order valence-corrected chi connectivity index (χ0v) is 8.88. The molecular formula is C8H17N3O3. The molecule has 6 heteroatoms. The predicted molar refractivity (Wildman–Crippen MR) is 50.7 cm³/mol. The molecule has 6 nitrogen and oxygen atoms in total. The average molecular weight is 203 g/mol. The molecule has 2 unspecified atom stereocenters. The van der Waals surface area contributed by atoms with Crippen LogP contribution in [0.25, 0.3) is 0 Å². The molecule has 0 saturated heterocycles. The number of nitrogens with one attached hydrogen (secondary N) is 3. The highest BCUT2D eigenvalue weighted by atomic mass is 16.6. The Morgan fingerprint density at radius 1 is 1.14 bits per heavy atom. The minimum absolute atomic E-state index is 0.230. The predicted octanol–water partition coefficient (Wildman–Crippen LogP) is -0.813. The van der Waals surface area contributed by atoms with E-state index in [2.05, 4.69) is 21.2 Å². The number of rotatable bonds is 5. The van der Waals surface area contributed by atoms with E-state index in [9.17, 15) is 9.59 Å². The van der Waals surface area contributed by atoms with Crippen molar-refractivity contribution in [3.05, 3.63) is 0 Å². The molecule has 0 aliphatic carbocycles. The molecule has 0 aromatic rings. The summed E-state index contributed by atoms with van der Waals surface area (Å²) in [6.07, 6.45) is 0. The Balaban J connectivity index is 4.16. The largest absolute Gasteiger partial charge is 0.292 e. The third-order valence-corrected chi connectivity index (χ3v) is 2.03. The Labute approximate surface area is 83.3 Å². The Hall–Kier alpha value is -1.14. The van der Waals surface area contributed by atoms with E-state index in [0.717, 1.165) is 0 Å². The van der Waals surface area contributed by atoms with E-state index in [1.165, 1.54) is 7.11 Å². The number of hydrazine groups is 1. The topological polar surface area (TPSA) is 79.5 Å². The summed E-state index contributed by atoms with van der Waals surface area (Å²) in [4.78, 5) is 27.0. The molecule has 14 heavy (non-hydrogen) atoms. The number of hydrogen-bond donors (Lipinski definition) is 3. The molecule has 0 aromatic heterocycles. The maximum Gasteiger partial charge on any atom is 0.247 e.